The lowest BCUT2D eigenvalue weighted by Crippen LogP contribution is -2.44. The highest BCUT2D eigenvalue weighted by atomic mass is 14.8. The molecule has 1 fully saturated rings. The molecule has 0 aromatic heterocycles. The van der Waals surface area contributed by atoms with Gasteiger partial charge >= 0.3 is 0 Å². The molecule has 0 spiro atoms. The van der Waals surface area contributed by atoms with Crippen molar-refractivity contribution in [3.63, 3.8) is 0 Å². The molecule has 5 heteroatoms. The predicted octanol–water partition coefficient (Wildman–Crippen LogP) is -1.67. The molecule has 1 aliphatic heterocycles. The fraction of sp³-hybridized carbons (Fsp3) is 1.00. The largest absolute Gasteiger partial charge is 0.394 e. The molecule has 0 saturated carbocycles. The second-order valence-corrected chi connectivity index (χ2v) is 1.12. The summed E-state index contributed by atoms with van der Waals surface area (Å²) in [5.41, 5.74) is 0. The predicted molar refractivity (Wildman–Crippen MR) is 28.3 cm³/mol. The van der Waals surface area contributed by atoms with Crippen LogP contribution in [0.3, 0.4) is 0 Å². The Morgan fingerprint density at radius 2 is 1.83 bits per heavy atom. The quantitative estimate of drug-likeness (QED) is 0.337. The van der Waals surface area contributed by atoms with E-state index < -0.39 is 0 Å². The summed E-state index contributed by atoms with van der Waals surface area (Å²) in [5.74, 6) is 0. The van der Waals surface area contributed by atoms with Gasteiger partial charge in [0.2, 0.25) is 0 Å². The average molecular weight is 76.5 g/mol. The van der Waals surface area contributed by atoms with E-state index in [0.29, 0.717) is 0 Å². The monoisotopic (exact) mass is 77.1 g/mol. The molecule has 27 valence electrons. The Kier molecular flexibility index (Phi) is 1.65. The Labute approximate surface area is 39.9 Å². The minimum Gasteiger partial charge on any atom is -0.394 e. The summed E-state index contributed by atoms with van der Waals surface area (Å²) >= 11 is 0. The highest BCUT2D eigenvalue weighted by Crippen LogP contribution is 1.69. The lowest BCUT2D eigenvalue weighted by Gasteiger charge is -2.06. The molecule has 0 unspecified atom stereocenters. The molecule has 0 aromatic carbocycles. The fourth-order valence-corrected chi connectivity index (χ4v) is 0.361. The lowest BCUT2D eigenvalue weighted by atomic mass is 9.61. The third kappa shape index (κ3) is 1.07. The summed E-state index contributed by atoms with van der Waals surface area (Å²) in [5, 5.41) is 5.78. The van der Waals surface area contributed by atoms with E-state index in [1.165, 1.54) is 0 Å². The first-order valence-electron chi connectivity index (χ1n) is 1.97. The first-order chi connectivity index (χ1) is 3.00. The van der Waals surface area contributed by atoms with Gasteiger partial charge in [0, 0.05) is 0 Å². The van der Waals surface area contributed by atoms with Gasteiger partial charge in [-0.3, -0.25) is 0 Å². The maximum atomic E-state index is 2.89. The van der Waals surface area contributed by atoms with Crippen molar-refractivity contribution in [1.82, 2.24) is 10.3 Å². The van der Waals surface area contributed by atoms with E-state index in [2.05, 4.69) is 10.3 Å². The van der Waals surface area contributed by atoms with Crippen LogP contribution in [-0.2, 0) is 0 Å². The molecular weight excluding hydrogens is 72.5 g/mol. The normalized spacial score (nSPS) is 20.0. The Bertz CT molecular complexity index is 24.3. The summed E-state index contributed by atoms with van der Waals surface area (Å²) < 4.78 is 0. The van der Waals surface area contributed by atoms with Gasteiger partial charge in [-0.1, -0.05) is 6.22 Å². The van der Waals surface area contributed by atoms with Crippen LogP contribution in [0.15, 0.2) is 0 Å². The SMILES string of the molecule is [B]1C[B]N[B]N1. The third-order valence-electron chi connectivity index (χ3n) is 0.638. The minimum atomic E-state index is 0.997. The standard InChI is InChI=1S/CH4B3N2/c1-2-5-4-6-3-1/h5-6H,1H2. The molecule has 0 amide bonds. The molecular formula is CH4B3N2. The summed E-state index contributed by atoms with van der Waals surface area (Å²) in [6, 6.07) is 0. The number of nitrogens with one attached hydrogen (secondary N) is 2. The van der Waals surface area contributed by atoms with Crippen LogP contribution in [0.25, 0.3) is 0 Å². The van der Waals surface area contributed by atoms with Crippen molar-refractivity contribution in [3.05, 3.63) is 0 Å². The molecule has 1 rings (SSSR count). The summed E-state index contributed by atoms with van der Waals surface area (Å²) in [7, 11) is 5.72. The van der Waals surface area contributed by atoms with Crippen LogP contribution in [0.5, 0.6) is 0 Å². The third-order valence-corrected chi connectivity index (χ3v) is 0.638. The average Bonchev–Trinajstić information content (AvgIpc) is 1.72. The molecule has 3 radical (unpaired) electrons. The van der Waals surface area contributed by atoms with Gasteiger partial charge in [-0.05, 0) is 0 Å². The fourth-order valence-electron chi connectivity index (χ4n) is 0.361. The zero-order valence-electron chi connectivity index (χ0n) is 3.44. The van der Waals surface area contributed by atoms with Gasteiger partial charge in [0.15, 0.2) is 14.8 Å². The lowest BCUT2D eigenvalue weighted by molar-refractivity contribution is 1.37. The van der Waals surface area contributed by atoms with Crippen molar-refractivity contribution in [2.24, 2.45) is 0 Å². The molecule has 2 N–H and O–H groups in total. The van der Waals surface area contributed by atoms with Crippen molar-refractivity contribution in [3.8, 4) is 0 Å². The van der Waals surface area contributed by atoms with Crippen LogP contribution in [0.2, 0.25) is 6.22 Å². The van der Waals surface area contributed by atoms with Gasteiger partial charge in [-0.2, -0.15) is 0 Å². The van der Waals surface area contributed by atoms with Gasteiger partial charge < -0.3 is 10.3 Å². The molecule has 0 bridgehead atoms. The smallest absolute Gasteiger partial charge is 0.281 e. The maximum Gasteiger partial charge on any atom is 0.281 e. The van der Waals surface area contributed by atoms with Crippen LogP contribution in [-0.4, -0.2) is 22.4 Å². The molecule has 0 aliphatic carbocycles. The molecule has 1 aliphatic rings. The highest BCUT2D eigenvalue weighted by molar-refractivity contribution is 6.68. The molecule has 0 aromatic rings. The highest BCUT2D eigenvalue weighted by Gasteiger charge is 1.99. The minimum absolute atomic E-state index is 0.997. The van der Waals surface area contributed by atoms with E-state index in [1.807, 2.05) is 14.8 Å². The van der Waals surface area contributed by atoms with E-state index in [-0.39, 0.29) is 0 Å². The van der Waals surface area contributed by atoms with E-state index in [4.69, 9.17) is 0 Å². The second kappa shape index (κ2) is 2.32. The molecule has 1 heterocycles. The zero-order valence-corrected chi connectivity index (χ0v) is 3.44. The molecule has 2 nitrogen and oxygen atoms in total. The Morgan fingerprint density at radius 1 is 1.17 bits per heavy atom. The Hall–Kier alpha value is 0.115. The summed E-state index contributed by atoms with van der Waals surface area (Å²) in [6.45, 7) is 0. The van der Waals surface area contributed by atoms with Crippen LogP contribution in [0.1, 0.15) is 0 Å². The Morgan fingerprint density at radius 3 is 2.00 bits per heavy atom. The second-order valence-electron chi connectivity index (χ2n) is 1.12. The molecule has 6 heavy (non-hydrogen) atoms. The number of rotatable bonds is 0. The van der Waals surface area contributed by atoms with Gasteiger partial charge in [-0.25, -0.2) is 0 Å². The molecule has 0 atom stereocenters. The first kappa shape index (κ1) is 4.28. The van der Waals surface area contributed by atoms with Gasteiger partial charge in [0.05, 0.1) is 0 Å². The van der Waals surface area contributed by atoms with Crippen molar-refractivity contribution >= 4 is 22.4 Å². The van der Waals surface area contributed by atoms with Crippen LogP contribution in [0, 0.1) is 0 Å². The Balaban J connectivity index is 2.00. The van der Waals surface area contributed by atoms with Gasteiger partial charge in [-0.15, -0.1) is 0 Å². The zero-order chi connectivity index (χ0) is 4.24. The van der Waals surface area contributed by atoms with Gasteiger partial charge in [0.25, 0.3) is 7.55 Å². The van der Waals surface area contributed by atoms with Crippen LogP contribution in [0.4, 0.5) is 0 Å². The summed E-state index contributed by atoms with van der Waals surface area (Å²) in [4.78, 5) is 0. The van der Waals surface area contributed by atoms with E-state index in [1.54, 1.807) is 7.55 Å². The van der Waals surface area contributed by atoms with Crippen molar-refractivity contribution < 1.29 is 0 Å². The van der Waals surface area contributed by atoms with Crippen molar-refractivity contribution in [1.29, 1.82) is 0 Å². The van der Waals surface area contributed by atoms with Gasteiger partial charge in [0.1, 0.15) is 0 Å². The van der Waals surface area contributed by atoms with Crippen molar-refractivity contribution in [2.45, 2.75) is 6.22 Å². The van der Waals surface area contributed by atoms with E-state index >= 15 is 0 Å². The van der Waals surface area contributed by atoms with Crippen molar-refractivity contribution in [2.75, 3.05) is 0 Å². The van der Waals surface area contributed by atoms with Crippen LogP contribution >= 0.6 is 0 Å². The topological polar surface area (TPSA) is 24.1 Å². The van der Waals surface area contributed by atoms with Crippen LogP contribution < -0.4 is 10.3 Å². The summed E-state index contributed by atoms with van der Waals surface area (Å²) in [6.07, 6.45) is 0.997. The van der Waals surface area contributed by atoms with E-state index in [9.17, 15) is 0 Å². The first-order valence-corrected chi connectivity index (χ1v) is 1.97. The maximum absolute atomic E-state index is 2.89. The van der Waals surface area contributed by atoms with E-state index in [0.717, 1.165) is 6.22 Å². The molecule has 1 saturated heterocycles. The number of hydrogen-bond acceptors (Lipinski definition) is 2. The number of hydrogen-bond donors (Lipinski definition) is 2.